The first-order valence-corrected chi connectivity index (χ1v) is 6.25. The van der Waals surface area contributed by atoms with E-state index in [-0.39, 0.29) is 13.1 Å². The highest BCUT2D eigenvalue weighted by molar-refractivity contribution is 5.80. The Morgan fingerprint density at radius 2 is 1.95 bits per heavy atom. The molecule has 0 aliphatic carbocycles. The van der Waals surface area contributed by atoms with Gasteiger partial charge in [0, 0.05) is 11.7 Å². The van der Waals surface area contributed by atoms with E-state index in [4.69, 9.17) is 5.11 Å². The van der Waals surface area contributed by atoms with Crippen LogP contribution in [0.5, 0.6) is 0 Å². The predicted molar refractivity (Wildman–Crippen MR) is 73.1 cm³/mol. The van der Waals surface area contributed by atoms with Crippen molar-refractivity contribution in [2.75, 3.05) is 6.54 Å². The molecule has 0 aliphatic rings. The van der Waals surface area contributed by atoms with Crippen molar-refractivity contribution < 1.29 is 14.7 Å². The summed E-state index contributed by atoms with van der Waals surface area (Å²) >= 11 is 0. The number of aliphatic carboxylic acids is 1. The highest BCUT2D eigenvalue weighted by Gasteiger charge is 2.28. The lowest BCUT2D eigenvalue weighted by molar-refractivity contribution is -0.138. The summed E-state index contributed by atoms with van der Waals surface area (Å²) in [4.78, 5) is 32.4. The van der Waals surface area contributed by atoms with Crippen molar-refractivity contribution in [2.45, 2.75) is 39.8 Å². The van der Waals surface area contributed by atoms with Crippen LogP contribution in [0.1, 0.15) is 32.2 Å². The molecular weight excluding hydrogens is 260 g/mol. The molecule has 0 unspecified atom stereocenters. The van der Waals surface area contributed by atoms with E-state index >= 15 is 0 Å². The van der Waals surface area contributed by atoms with E-state index in [9.17, 15) is 9.59 Å². The third kappa shape index (κ3) is 4.83. The number of amides is 2. The maximum Gasteiger partial charge on any atom is 0.323 e. The minimum absolute atomic E-state index is 0.207. The fourth-order valence-corrected chi connectivity index (χ4v) is 1.52. The van der Waals surface area contributed by atoms with Gasteiger partial charge in [0.2, 0.25) is 0 Å². The summed E-state index contributed by atoms with van der Waals surface area (Å²) in [5, 5.41) is 11.5. The van der Waals surface area contributed by atoms with Gasteiger partial charge in [-0.2, -0.15) is 0 Å². The van der Waals surface area contributed by atoms with Gasteiger partial charge in [-0.15, -0.1) is 0 Å². The summed E-state index contributed by atoms with van der Waals surface area (Å²) < 4.78 is 0. The number of carboxylic acid groups (broad SMARTS) is 1. The lowest BCUT2D eigenvalue weighted by atomic mass is 10.1. The number of nitrogens with one attached hydrogen (secondary N) is 1. The van der Waals surface area contributed by atoms with Gasteiger partial charge in [-0.05, 0) is 27.7 Å². The van der Waals surface area contributed by atoms with E-state index in [1.807, 2.05) is 6.92 Å². The number of hydrogen-bond acceptors (Lipinski definition) is 4. The van der Waals surface area contributed by atoms with Crippen molar-refractivity contribution in [1.29, 1.82) is 0 Å². The highest BCUT2D eigenvalue weighted by Crippen LogP contribution is 2.13. The summed E-state index contributed by atoms with van der Waals surface area (Å²) in [6.45, 7) is 7.01. The number of carbonyl (C=O) groups excluding carboxylic acids is 1. The first-order chi connectivity index (χ1) is 9.20. The Morgan fingerprint density at radius 3 is 2.40 bits per heavy atom. The fraction of sp³-hybridized carbons (Fsp3) is 0.538. The summed E-state index contributed by atoms with van der Waals surface area (Å²) in [5.74, 6) is -1.05. The molecule has 1 aromatic rings. The minimum atomic E-state index is -1.05. The largest absolute Gasteiger partial charge is 0.480 e. The van der Waals surface area contributed by atoms with Crippen molar-refractivity contribution in [3.8, 4) is 0 Å². The van der Waals surface area contributed by atoms with Gasteiger partial charge in [0.1, 0.15) is 6.54 Å². The third-order valence-corrected chi connectivity index (χ3v) is 2.60. The number of urea groups is 1. The molecule has 0 fully saturated rings. The number of rotatable bonds is 4. The molecule has 1 heterocycles. The first-order valence-electron chi connectivity index (χ1n) is 6.25. The number of aryl methyl sites for hydroxylation is 1. The Morgan fingerprint density at radius 1 is 1.30 bits per heavy atom. The predicted octanol–water partition coefficient (Wildman–Crippen LogP) is 1.18. The van der Waals surface area contributed by atoms with Crippen molar-refractivity contribution in [1.82, 2.24) is 20.2 Å². The number of carboxylic acids is 1. The Balaban J connectivity index is 2.67. The molecule has 0 spiro atoms. The second-order valence-electron chi connectivity index (χ2n) is 5.46. The van der Waals surface area contributed by atoms with Crippen molar-refractivity contribution in [3.05, 3.63) is 23.8 Å². The molecule has 0 bridgehead atoms. The second kappa shape index (κ2) is 6.31. The maximum atomic E-state index is 12.1. The molecule has 0 saturated carbocycles. The van der Waals surface area contributed by atoms with Gasteiger partial charge in [-0.1, -0.05) is 0 Å². The van der Waals surface area contributed by atoms with E-state index in [1.54, 1.807) is 33.2 Å². The van der Waals surface area contributed by atoms with Crippen molar-refractivity contribution >= 4 is 12.0 Å². The van der Waals surface area contributed by atoms with Crippen LogP contribution in [0.15, 0.2) is 12.4 Å². The van der Waals surface area contributed by atoms with Crippen LogP contribution in [-0.4, -0.2) is 44.1 Å². The third-order valence-electron chi connectivity index (χ3n) is 2.60. The quantitative estimate of drug-likeness (QED) is 0.863. The van der Waals surface area contributed by atoms with Crippen LogP contribution in [0, 0.1) is 6.92 Å². The van der Waals surface area contributed by atoms with Gasteiger partial charge < -0.3 is 15.3 Å². The number of carbonyl (C=O) groups is 2. The van der Waals surface area contributed by atoms with E-state index in [0.29, 0.717) is 5.69 Å². The molecule has 1 rings (SSSR count). The van der Waals surface area contributed by atoms with Crippen LogP contribution in [-0.2, 0) is 11.3 Å². The average Bonchev–Trinajstić information content (AvgIpc) is 2.33. The van der Waals surface area contributed by atoms with Crippen LogP contribution in [0.25, 0.3) is 0 Å². The molecule has 0 aromatic carbocycles. The second-order valence-corrected chi connectivity index (χ2v) is 5.46. The number of aromatic nitrogens is 2. The SMILES string of the molecule is Cc1cnc(CNC(=O)N(CC(=O)O)C(C)(C)C)cn1. The zero-order chi connectivity index (χ0) is 15.3. The van der Waals surface area contributed by atoms with E-state index in [2.05, 4.69) is 15.3 Å². The lowest BCUT2D eigenvalue weighted by Crippen LogP contribution is -2.52. The zero-order valence-electron chi connectivity index (χ0n) is 12.2. The molecular formula is C13H20N4O3. The summed E-state index contributed by atoms with van der Waals surface area (Å²) in [6.07, 6.45) is 3.19. The number of hydrogen-bond donors (Lipinski definition) is 2. The molecule has 2 N–H and O–H groups in total. The van der Waals surface area contributed by atoms with Crippen LogP contribution in [0.4, 0.5) is 4.79 Å². The molecule has 20 heavy (non-hydrogen) atoms. The van der Waals surface area contributed by atoms with E-state index in [0.717, 1.165) is 5.69 Å². The lowest BCUT2D eigenvalue weighted by Gasteiger charge is -2.34. The van der Waals surface area contributed by atoms with Crippen molar-refractivity contribution in [3.63, 3.8) is 0 Å². The molecule has 0 aliphatic heterocycles. The molecule has 110 valence electrons. The Kier molecular flexibility index (Phi) is 5.01. The molecule has 0 atom stereocenters. The van der Waals surface area contributed by atoms with Crippen molar-refractivity contribution in [2.24, 2.45) is 0 Å². The van der Waals surface area contributed by atoms with Crippen LogP contribution in [0.3, 0.4) is 0 Å². The monoisotopic (exact) mass is 280 g/mol. The number of nitrogens with zero attached hydrogens (tertiary/aromatic N) is 3. The van der Waals surface area contributed by atoms with Crippen LogP contribution < -0.4 is 5.32 Å². The average molecular weight is 280 g/mol. The van der Waals surface area contributed by atoms with Gasteiger partial charge in [0.05, 0.1) is 24.1 Å². The minimum Gasteiger partial charge on any atom is -0.480 e. The van der Waals surface area contributed by atoms with E-state index < -0.39 is 17.5 Å². The summed E-state index contributed by atoms with van der Waals surface area (Å²) in [5.41, 5.74) is 0.830. The fourth-order valence-electron chi connectivity index (χ4n) is 1.52. The highest BCUT2D eigenvalue weighted by atomic mass is 16.4. The Hall–Kier alpha value is -2.18. The van der Waals surface area contributed by atoms with E-state index in [1.165, 1.54) is 4.90 Å². The van der Waals surface area contributed by atoms with Crippen LogP contribution >= 0.6 is 0 Å². The maximum absolute atomic E-state index is 12.1. The molecule has 7 heteroatoms. The first kappa shape index (κ1) is 15.9. The molecule has 0 radical (unpaired) electrons. The summed E-state index contributed by atoms with van der Waals surface area (Å²) in [6, 6.07) is -0.442. The molecule has 7 nitrogen and oxygen atoms in total. The topological polar surface area (TPSA) is 95.4 Å². The van der Waals surface area contributed by atoms with Gasteiger partial charge in [0.25, 0.3) is 0 Å². The standard InChI is InChI=1S/C13H20N4O3/c1-9-5-15-10(6-14-9)7-16-12(20)17(8-11(18)19)13(2,3)4/h5-6H,7-8H2,1-4H3,(H,16,20)(H,18,19). The smallest absolute Gasteiger partial charge is 0.323 e. The molecule has 2 amide bonds. The Labute approximate surface area is 118 Å². The van der Waals surface area contributed by atoms with Gasteiger partial charge in [-0.25, -0.2) is 4.79 Å². The normalized spacial score (nSPS) is 11.0. The Bertz CT molecular complexity index is 479. The van der Waals surface area contributed by atoms with Gasteiger partial charge >= 0.3 is 12.0 Å². The van der Waals surface area contributed by atoms with Gasteiger partial charge in [0.15, 0.2) is 0 Å². The van der Waals surface area contributed by atoms with Crippen LogP contribution in [0.2, 0.25) is 0 Å². The van der Waals surface area contributed by atoms with Gasteiger partial charge in [-0.3, -0.25) is 14.8 Å². The summed E-state index contributed by atoms with van der Waals surface area (Å²) in [7, 11) is 0. The molecule has 1 aromatic heterocycles. The zero-order valence-corrected chi connectivity index (χ0v) is 12.2. The molecule has 0 saturated heterocycles.